The summed E-state index contributed by atoms with van der Waals surface area (Å²) in [5.74, 6) is 0. The Bertz CT molecular complexity index is 1960. The number of hydrogen-bond donors (Lipinski definition) is 0. The summed E-state index contributed by atoms with van der Waals surface area (Å²) in [6.45, 7) is 4.69. The Kier molecular flexibility index (Phi) is 6.49. The van der Waals surface area contributed by atoms with Crippen LogP contribution in [0, 0.1) is 0 Å². The third-order valence-electron chi connectivity index (χ3n) is 9.87. The first-order chi connectivity index (χ1) is 21.6. The van der Waals surface area contributed by atoms with E-state index in [4.69, 9.17) is 0 Å². The summed E-state index contributed by atoms with van der Waals surface area (Å²) >= 11 is 0. The molecule has 2 aliphatic carbocycles. The number of anilines is 3. The Morgan fingerprint density at radius 2 is 0.977 bits per heavy atom. The van der Waals surface area contributed by atoms with Crippen LogP contribution in [-0.4, -0.2) is 0 Å². The molecule has 214 valence electrons. The second-order valence-electron chi connectivity index (χ2n) is 12.9. The van der Waals surface area contributed by atoms with Crippen molar-refractivity contribution in [3.8, 4) is 33.4 Å². The lowest BCUT2D eigenvalue weighted by Crippen LogP contribution is -2.16. The van der Waals surface area contributed by atoms with Crippen molar-refractivity contribution in [3.05, 3.63) is 162 Å². The van der Waals surface area contributed by atoms with Crippen molar-refractivity contribution < 1.29 is 0 Å². The van der Waals surface area contributed by atoms with Crippen LogP contribution in [0.3, 0.4) is 0 Å². The van der Waals surface area contributed by atoms with Crippen LogP contribution in [0.15, 0.2) is 140 Å². The highest BCUT2D eigenvalue weighted by Gasteiger charge is 2.35. The summed E-state index contributed by atoms with van der Waals surface area (Å²) in [6.07, 6.45) is 5.07. The summed E-state index contributed by atoms with van der Waals surface area (Å²) in [5, 5.41) is 0. The molecule has 0 fully saturated rings. The van der Waals surface area contributed by atoms with Gasteiger partial charge in [0.1, 0.15) is 0 Å². The SMILES string of the molecule is CC1(C)c2ccccc2-c2ccc(N(c3ccccc3)c3ccc(-c4ccc(-c5ccc6c(c5)CCCC6)cc4)cc3)cc21. The molecule has 0 spiro atoms. The predicted octanol–water partition coefficient (Wildman–Crippen LogP) is 11.7. The van der Waals surface area contributed by atoms with Crippen LogP contribution < -0.4 is 4.90 Å². The number of para-hydroxylation sites is 1. The molecular weight excluding hydrogens is 530 g/mol. The number of fused-ring (bicyclic) bond motifs is 4. The molecule has 0 radical (unpaired) electrons. The zero-order valence-electron chi connectivity index (χ0n) is 25.6. The maximum absolute atomic E-state index is 2.41. The summed E-state index contributed by atoms with van der Waals surface area (Å²) in [6, 6.07) is 51.7. The normalized spacial score (nSPS) is 14.4. The van der Waals surface area contributed by atoms with E-state index >= 15 is 0 Å². The van der Waals surface area contributed by atoms with Crippen LogP contribution >= 0.6 is 0 Å². The Morgan fingerprint density at radius 1 is 0.432 bits per heavy atom. The summed E-state index contributed by atoms with van der Waals surface area (Å²) < 4.78 is 0. The number of hydrogen-bond acceptors (Lipinski definition) is 1. The smallest absolute Gasteiger partial charge is 0.0465 e. The molecule has 0 saturated carbocycles. The highest BCUT2D eigenvalue weighted by Crippen LogP contribution is 2.50. The topological polar surface area (TPSA) is 3.24 Å². The Morgan fingerprint density at radius 3 is 1.73 bits per heavy atom. The van der Waals surface area contributed by atoms with Gasteiger partial charge in [-0.3, -0.25) is 0 Å². The minimum atomic E-state index is -0.0422. The van der Waals surface area contributed by atoms with Crippen molar-refractivity contribution in [2.75, 3.05) is 4.90 Å². The van der Waals surface area contributed by atoms with Gasteiger partial charge >= 0.3 is 0 Å². The molecule has 2 aliphatic rings. The number of nitrogens with zero attached hydrogens (tertiary/aromatic N) is 1. The van der Waals surface area contributed by atoms with E-state index in [0.717, 1.165) is 11.4 Å². The van der Waals surface area contributed by atoms with Crippen molar-refractivity contribution in [2.45, 2.75) is 44.9 Å². The van der Waals surface area contributed by atoms with Gasteiger partial charge < -0.3 is 4.90 Å². The summed E-state index contributed by atoms with van der Waals surface area (Å²) in [5.41, 5.74) is 17.1. The van der Waals surface area contributed by atoms with Crippen molar-refractivity contribution >= 4 is 17.1 Å². The van der Waals surface area contributed by atoms with E-state index < -0.39 is 0 Å². The van der Waals surface area contributed by atoms with Crippen molar-refractivity contribution in [2.24, 2.45) is 0 Å². The van der Waals surface area contributed by atoms with Crippen LogP contribution in [0.25, 0.3) is 33.4 Å². The second kappa shape index (κ2) is 10.7. The maximum Gasteiger partial charge on any atom is 0.0465 e. The average molecular weight is 568 g/mol. The van der Waals surface area contributed by atoms with Gasteiger partial charge in [-0.05, 0) is 118 Å². The van der Waals surface area contributed by atoms with E-state index in [1.54, 1.807) is 0 Å². The molecule has 0 unspecified atom stereocenters. The van der Waals surface area contributed by atoms with E-state index in [2.05, 4.69) is 158 Å². The van der Waals surface area contributed by atoms with Gasteiger partial charge in [0, 0.05) is 22.5 Å². The van der Waals surface area contributed by atoms with E-state index in [1.807, 2.05) is 0 Å². The number of aryl methyl sites for hydroxylation is 2. The molecule has 0 atom stereocenters. The first-order valence-corrected chi connectivity index (χ1v) is 16.0. The Hall–Kier alpha value is -4.88. The first kappa shape index (κ1) is 26.7. The van der Waals surface area contributed by atoms with E-state index in [1.165, 1.54) is 87.0 Å². The molecule has 0 aliphatic heterocycles. The molecule has 0 N–H and O–H groups in total. The van der Waals surface area contributed by atoms with Gasteiger partial charge in [-0.2, -0.15) is 0 Å². The number of rotatable bonds is 5. The molecule has 8 rings (SSSR count). The third-order valence-corrected chi connectivity index (χ3v) is 9.87. The zero-order valence-corrected chi connectivity index (χ0v) is 25.6. The fourth-order valence-corrected chi connectivity index (χ4v) is 7.43. The molecule has 1 nitrogen and oxygen atoms in total. The van der Waals surface area contributed by atoms with Crippen LogP contribution in [0.5, 0.6) is 0 Å². The van der Waals surface area contributed by atoms with Gasteiger partial charge in [0.05, 0.1) is 0 Å². The minimum absolute atomic E-state index is 0.0422. The predicted molar refractivity (Wildman–Crippen MR) is 186 cm³/mol. The molecule has 0 aromatic heterocycles. The molecule has 0 heterocycles. The minimum Gasteiger partial charge on any atom is -0.310 e. The molecular formula is C43H37N. The van der Waals surface area contributed by atoms with E-state index in [9.17, 15) is 0 Å². The van der Waals surface area contributed by atoms with Gasteiger partial charge in [0.15, 0.2) is 0 Å². The van der Waals surface area contributed by atoms with E-state index in [-0.39, 0.29) is 5.41 Å². The van der Waals surface area contributed by atoms with Crippen molar-refractivity contribution in [1.29, 1.82) is 0 Å². The lowest BCUT2D eigenvalue weighted by atomic mass is 9.82. The Labute approximate surface area is 261 Å². The molecule has 0 bridgehead atoms. The van der Waals surface area contributed by atoms with Gasteiger partial charge in [-0.15, -0.1) is 0 Å². The lowest BCUT2D eigenvalue weighted by molar-refractivity contribution is 0.660. The molecule has 6 aromatic rings. The second-order valence-corrected chi connectivity index (χ2v) is 12.9. The quantitative estimate of drug-likeness (QED) is 0.200. The van der Waals surface area contributed by atoms with E-state index in [0.29, 0.717) is 0 Å². The number of benzene rings is 6. The van der Waals surface area contributed by atoms with Crippen LogP contribution in [-0.2, 0) is 18.3 Å². The first-order valence-electron chi connectivity index (χ1n) is 16.0. The standard InChI is InChI=1S/C43H37N/c1-43(2)41-15-9-8-14-39(41)40-27-26-38(29-42(40)43)44(36-12-4-3-5-13-36)37-24-22-32(23-25-37)31-16-18-33(19-17-31)35-21-20-30-10-6-7-11-34(30)28-35/h3-5,8-9,12-29H,6-7,10-11H2,1-2H3. The Balaban J connectivity index is 1.12. The molecule has 44 heavy (non-hydrogen) atoms. The molecule has 0 saturated heterocycles. The van der Waals surface area contributed by atoms with Gasteiger partial charge in [0.25, 0.3) is 0 Å². The molecule has 1 heteroatoms. The van der Waals surface area contributed by atoms with Crippen LogP contribution in [0.2, 0.25) is 0 Å². The summed E-state index contributed by atoms with van der Waals surface area (Å²) in [7, 11) is 0. The van der Waals surface area contributed by atoms with Crippen LogP contribution in [0.1, 0.15) is 48.9 Å². The van der Waals surface area contributed by atoms with Gasteiger partial charge in [-0.25, -0.2) is 0 Å². The molecule has 0 amide bonds. The fraction of sp³-hybridized carbons (Fsp3) is 0.163. The highest BCUT2D eigenvalue weighted by molar-refractivity contribution is 5.86. The largest absolute Gasteiger partial charge is 0.310 e. The lowest BCUT2D eigenvalue weighted by Gasteiger charge is -2.28. The van der Waals surface area contributed by atoms with Crippen molar-refractivity contribution in [1.82, 2.24) is 0 Å². The monoisotopic (exact) mass is 567 g/mol. The zero-order chi connectivity index (χ0) is 29.7. The average Bonchev–Trinajstić information content (AvgIpc) is 3.31. The molecule has 6 aromatic carbocycles. The third kappa shape index (κ3) is 4.55. The summed E-state index contributed by atoms with van der Waals surface area (Å²) in [4.78, 5) is 2.38. The van der Waals surface area contributed by atoms with Crippen LogP contribution in [0.4, 0.5) is 17.1 Å². The van der Waals surface area contributed by atoms with Gasteiger partial charge in [0.2, 0.25) is 0 Å². The van der Waals surface area contributed by atoms with Gasteiger partial charge in [-0.1, -0.05) is 117 Å². The van der Waals surface area contributed by atoms with Crippen molar-refractivity contribution in [3.63, 3.8) is 0 Å². The maximum atomic E-state index is 2.41. The fourth-order valence-electron chi connectivity index (χ4n) is 7.43. The highest BCUT2D eigenvalue weighted by atomic mass is 15.1.